The number of amides is 1. The van der Waals surface area contributed by atoms with Crippen LogP contribution in [0.5, 0.6) is 0 Å². The zero-order valence-corrected chi connectivity index (χ0v) is 10.7. The number of rotatable bonds is 3. The van der Waals surface area contributed by atoms with Crippen LogP contribution in [0.25, 0.3) is 0 Å². The number of hydrogen-bond donors (Lipinski definition) is 0. The summed E-state index contributed by atoms with van der Waals surface area (Å²) in [5.41, 5.74) is -0.832. The van der Waals surface area contributed by atoms with Gasteiger partial charge in [-0.15, -0.1) is 0 Å². The summed E-state index contributed by atoms with van der Waals surface area (Å²) < 4.78 is 4.75. The molecule has 17 heavy (non-hydrogen) atoms. The predicted octanol–water partition coefficient (Wildman–Crippen LogP) is 1.73. The summed E-state index contributed by atoms with van der Waals surface area (Å²) in [6.45, 7) is 0. The van der Waals surface area contributed by atoms with Crippen molar-refractivity contribution in [2.75, 3.05) is 14.2 Å². The van der Waals surface area contributed by atoms with E-state index in [1.54, 1.807) is 4.90 Å². The number of esters is 1. The van der Waals surface area contributed by atoms with Gasteiger partial charge in [-0.3, -0.25) is 9.59 Å². The van der Waals surface area contributed by atoms with Crippen molar-refractivity contribution in [2.45, 2.75) is 51.0 Å². The minimum Gasteiger partial charge on any atom is -0.468 e. The van der Waals surface area contributed by atoms with Crippen molar-refractivity contribution in [1.29, 1.82) is 0 Å². The largest absolute Gasteiger partial charge is 0.468 e. The van der Waals surface area contributed by atoms with Gasteiger partial charge in [0, 0.05) is 13.1 Å². The highest BCUT2D eigenvalue weighted by atomic mass is 16.5. The summed E-state index contributed by atoms with van der Waals surface area (Å²) in [5, 5.41) is 0. The van der Waals surface area contributed by atoms with Gasteiger partial charge in [0.15, 0.2) is 0 Å². The SMILES string of the molecule is COC(=O)C1(C(=O)N(C)C2CCCCC2)CC1. The number of carbonyl (C=O) groups is 2. The molecule has 2 fully saturated rings. The lowest BCUT2D eigenvalue weighted by molar-refractivity contribution is -0.156. The lowest BCUT2D eigenvalue weighted by atomic mass is 9.93. The summed E-state index contributed by atoms with van der Waals surface area (Å²) in [4.78, 5) is 25.8. The summed E-state index contributed by atoms with van der Waals surface area (Å²) in [7, 11) is 3.19. The minimum atomic E-state index is -0.832. The molecule has 0 radical (unpaired) electrons. The molecule has 0 aromatic heterocycles. The van der Waals surface area contributed by atoms with Gasteiger partial charge in [0.05, 0.1) is 7.11 Å². The number of ether oxygens (including phenoxy) is 1. The first-order valence-corrected chi connectivity index (χ1v) is 6.47. The maximum atomic E-state index is 12.4. The van der Waals surface area contributed by atoms with Crippen molar-refractivity contribution in [3.05, 3.63) is 0 Å². The van der Waals surface area contributed by atoms with Gasteiger partial charge < -0.3 is 9.64 Å². The molecule has 2 saturated carbocycles. The van der Waals surface area contributed by atoms with Crippen molar-refractivity contribution in [2.24, 2.45) is 5.41 Å². The Bertz CT molecular complexity index is 317. The molecule has 4 heteroatoms. The average Bonchev–Trinajstić information content (AvgIpc) is 3.18. The molecule has 96 valence electrons. The fourth-order valence-corrected chi connectivity index (χ4v) is 2.80. The van der Waals surface area contributed by atoms with Gasteiger partial charge in [0.2, 0.25) is 5.91 Å². The van der Waals surface area contributed by atoms with Crippen molar-refractivity contribution in [1.82, 2.24) is 4.90 Å². The highest BCUT2D eigenvalue weighted by Crippen LogP contribution is 2.48. The number of carbonyl (C=O) groups excluding carboxylic acids is 2. The summed E-state index contributed by atoms with van der Waals surface area (Å²) in [6, 6.07) is 0.318. The maximum Gasteiger partial charge on any atom is 0.321 e. The first-order valence-electron chi connectivity index (χ1n) is 6.47. The Kier molecular flexibility index (Phi) is 3.40. The molecule has 0 spiro atoms. The Morgan fingerprint density at radius 3 is 2.24 bits per heavy atom. The zero-order valence-electron chi connectivity index (χ0n) is 10.7. The molecule has 0 unspecified atom stereocenters. The van der Waals surface area contributed by atoms with E-state index in [0.717, 1.165) is 12.8 Å². The molecule has 0 atom stereocenters. The second-order valence-corrected chi connectivity index (χ2v) is 5.28. The van der Waals surface area contributed by atoms with E-state index in [1.165, 1.54) is 26.4 Å². The molecule has 2 aliphatic rings. The van der Waals surface area contributed by atoms with Crippen molar-refractivity contribution < 1.29 is 14.3 Å². The van der Waals surface area contributed by atoms with Crippen molar-refractivity contribution >= 4 is 11.9 Å². The third-order valence-electron chi connectivity index (χ3n) is 4.18. The third kappa shape index (κ3) is 2.17. The zero-order chi connectivity index (χ0) is 12.5. The Balaban J connectivity index is 2.01. The van der Waals surface area contributed by atoms with E-state index in [-0.39, 0.29) is 11.9 Å². The normalized spacial score (nSPS) is 22.9. The van der Waals surface area contributed by atoms with Crippen LogP contribution in [0.1, 0.15) is 44.9 Å². The molecule has 0 bridgehead atoms. The summed E-state index contributed by atoms with van der Waals surface area (Å²) in [6.07, 6.45) is 7.08. The van der Waals surface area contributed by atoms with Crippen LogP contribution in [0.4, 0.5) is 0 Å². The highest BCUT2D eigenvalue weighted by molar-refractivity contribution is 6.05. The fourth-order valence-electron chi connectivity index (χ4n) is 2.80. The number of nitrogens with zero attached hydrogens (tertiary/aromatic N) is 1. The van der Waals surface area contributed by atoms with E-state index < -0.39 is 5.41 Å². The highest BCUT2D eigenvalue weighted by Gasteiger charge is 2.59. The molecule has 2 rings (SSSR count). The van der Waals surface area contributed by atoms with Crippen LogP contribution in [-0.4, -0.2) is 37.0 Å². The average molecular weight is 239 g/mol. The maximum absolute atomic E-state index is 12.4. The van der Waals surface area contributed by atoms with E-state index in [4.69, 9.17) is 4.74 Å². The van der Waals surface area contributed by atoms with Gasteiger partial charge >= 0.3 is 5.97 Å². The van der Waals surface area contributed by atoms with E-state index in [2.05, 4.69) is 0 Å². The molecule has 0 aromatic carbocycles. The van der Waals surface area contributed by atoms with Crippen LogP contribution >= 0.6 is 0 Å². The van der Waals surface area contributed by atoms with E-state index >= 15 is 0 Å². The predicted molar refractivity (Wildman–Crippen MR) is 63.3 cm³/mol. The van der Waals surface area contributed by atoms with Crippen LogP contribution in [0.3, 0.4) is 0 Å². The summed E-state index contributed by atoms with van der Waals surface area (Å²) >= 11 is 0. The second kappa shape index (κ2) is 4.67. The van der Waals surface area contributed by atoms with Crippen LogP contribution in [0, 0.1) is 5.41 Å². The van der Waals surface area contributed by atoms with Crippen LogP contribution in [0.2, 0.25) is 0 Å². The molecule has 0 saturated heterocycles. The minimum absolute atomic E-state index is 0.0312. The Morgan fingerprint density at radius 1 is 1.18 bits per heavy atom. The molecule has 2 aliphatic carbocycles. The smallest absolute Gasteiger partial charge is 0.321 e. The Hall–Kier alpha value is -1.06. The van der Waals surface area contributed by atoms with Gasteiger partial charge in [0.1, 0.15) is 5.41 Å². The molecule has 0 aromatic rings. The van der Waals surface area contributed by atoms with Crippen LogP contribution in [-0.2, 0) is 14.3 Å². The molecular weight excluding hydrogens is 218 g/mol. The van der Waals surface area contributed by atoms with Gasteiger partial charge in [-0.25, -0.2) is 0 Å². The van der Waals surface area contributed by atoms with Gasteiger partial charge in [-0.1, -0.05) is 19.3 Å². The molecule has 4 nitrogen and oxygen atoms in total. The first-order chi connectivity index (χ1) is 8.12. The Morgan fingerprint density at radius 2 is 1.76 bits per heavy atom. The lowest BCUT2D eigenvalue weighted by Crippen LogP contribution is -2.45. The second-order valence-electron chi connectivity index (χ2n) is 5.28. The molecule has 0 aliphatic heterocycles. The Labute approximate surface area is 102 Å². The number of methoxy groups -OCH3 is 1. The standard InChI is InChI=1S/C13H21NO3/c1-14(10-6-4-3-5-7-10)11(15)13(8-9-13)12(16)17-2/h10H,3-9H2,1-2H3. The van der Waals surface area contributed by atoms with Crippen LogP contribution in [0.15, 0.2) is 0 Å². The van der Waals surface area contributed by atoms with Gasteiger partial charge in [-0.05, 0) is 25.7 Å². The quantitative estimate of drug-likeness (QED) is 0.556. The van der Waals surface area contributed by atoms with Crippen molar-refractivity contribution in [3.63, 3.8) is 0 Å². The number of hydrogen-bond acceptors (Lipinski definition) is 3. The van der Waals surface area contributed by atoms with E-state index in [1.807, 2.05) is 7.05 Å². The third-order valence-corrected chi connectivity index (χ3v) is 4.18. The molecular formula is C13H21NO3. The van der Waals surface area contributed by atoms with Crippen molar-refractivity contribution in [3.8, 4) is 0 Å². The fraction of sp³-hybridized carbons (Fsp3) is 0.846. The molecule has 0 N–H and O–H groups in total. The molecule has 0 heterocycles. The van der Waals surface area contributed by atoms with Gasteiger partial charge in [0.25, 0.3) is 0 Å². The van der Waals surface area contributed by atoms with Gasteiger partial charge in [-0.2, -0.15) is 0 Å². The van der Waals surface area contributed by atoms with Crippen LogP contribution < -0.4 is 0 Å². The first kappa shape index (κ1) is 12.4. The lowest BCUT2D eigenvalue weighted by Gasteiger charge is -2.33. The monoisotopic (exact) mass is 239 g/mol. The van der Waals surface area contributed by atoms with E-state index in [9.17, 15) is 9.59 Å². The topological polar surface area (TPSA) is 46.6 Å². The summed E-state index contributed by atoms with van der Waals surface area (Å²) in [5.74, 6) is -0.388. The van der Waals surface area contributed by atoms with E-state index in [0.29, 0.717) is 18.9 Å². The molecule has 1 amide bonds.